The molecule has 7 nitrogen and oxygen atoms in total. The highest BCUT2D eigenvalue weighted by Crippen LogP contribution is 2.28. The smallest absolute Gasteiger partial charge is 0.278 e. The number of fused-ring (bicyclic) bond motifs is 1. The van der Waals surface area contributed by atoms with Gasteiger partial charge in [0.2, 0.25) is 11.8 Å². The molecule has 0 saturated carbocycles. The molecule has 0 saturated heterocycles. The molecule has 0 unspecified atom stereocenters. The molecular weight excluding hydrogens is 452 g/mol. The summed E-state index contributed by atoms with van der Waals surface area (Å²) < 4.78 is 1.47. The number of nitrogens with zero attached hydrogens (tertiary/aromatic N) is 2. The van der Waals surface area contributed by atoms with Crippen LogP contribution >= 0.6 is 0 Å². The van der Waals surface area contributed by atoms with Crippen molar-refractivity contribution in [2.45, 2.75) is 47.1 Å². The molecule has 3 aromatic carbocycles. The van der Waals surface area contributed by atoms with Gasteiger partial charge in [0.25, 0.3) is 5.56 Å². The summed E-state index contributed by atoms with van der Waals surface area (Å²) in [6.45, 7) is 9.37. The van der Waals surface area contributed by atoms with E-state index in [0.29, 0.717) is 34.4 Å². The molecule has 0 fully saturated rings. The minimum Gasteiger partial charge on any atom is -0.325 e. The van der Waals surface area contributed by atoms with Gasteiger partial charge in [-0.3, -0.25) is 19.0 Å². The van der Waals surface area contributed by atoms with E-state index in [9.17, 15) is 14.4 Å². The Balaban J connectivity index is 1.85. The van der Waals surface area contributed by atoms with Crippen molar-refractivity contribution in [1.29, 1.82) is 0 Å². The van der Waals surface area contributed by atoms with Crippen molar-refractivity contribution in [2.75, 3.05) is 10.6 Å². The van der Waals surface area contributed by atoms with Crippen molar-refractivity contribution >= 4 is 34.2 Å². The molecule has 184 valence electrons. The van der Waals surface area contributed by atoms with Crippen LogP contribution < -0.4 is 16.2 Å². The van der Waals surface area contributed by atoms with Crippen molar-refractivity contribution in [3.63, 3.8) is 0 Å². The predicted molar refractivity (Wildman–Crippen MR) is 144 cm³/mol. The molecular formula is C29H30N4O3. The summed E-state index contributed by atoms with van der Waals surface area (Å²) in [4.78, 5) is 44.1. The van der Waals surface area contributed by atoms with Crippen LogP contribution in [0.3, 0.4) is 0 Å². The van der Waals surface area contributed by atoms with Gasteiger partial charge in [0.15, 0.2) is 0 Å². The lowest BCUT2D eigenvalue weighted by molar-refractivity contribution is -0.119. The molecule has 0 bridgehead atoms. The lowest BCUT2D eigenvalue weighted by atomic mass is 10.1. The van der Waals surface area contributed by atoms with E-state index >= 15 is 0 Å². The molecule has 0 aliphatic rings. The number of hydrogen-bond donors (Lipinski definition) is 2. The number of para-hydroxylation sites is 2. The van der Waals surface area contributed by atoms with Gasteiger partial charge in [-0.25, -0.2) is 4.98 Å². The molecule has 0 radical (unpaired) electrons. The largest absolute Gasteiger partial charge is 0.325 e. The zero-order chi connectivity index (χ0) is 26.0. The number of rotatable bonds is 6. The number of aryl methyl sites for hydroxylation is 3. The number of anilines is 2. The number of benzene rings is 3. The Bertz CT molecular complexity index is 1540. The molecule has 2 amide bonds. The monoisotopic (exact) mass is 482 g/mol. The third kappa shape index (κ3) is 4.91. The van der Waals surface area contributed by atoms with Crippen LogP contribution in [0.4, 0.5) is 11.4 Å². The van der Waals surface area contributed by atoms with Crippen LogP contribution in [0.1, 0.15) is 43.0 Å². The van der Waals surface area contributed by atoms with Crippen molar-refractivity contribution in [1.82, 2.24) is 9.55 Å². The summed E-state index contributed by atoms with van der Waals surface area (Å²) in [5.74, 6) is -0.478. The van der Waals surface area contributed by atoms with E-state index in [0.717, 1.165) is 16.7 Å². The van der Waals surface area contributed by atoms with Crippen LogP contribution in [0.2, 0.25) is 0 Å². The Morgan fingerprint density at radius 1 is 0.944 bits per heavy atom. The van der Waals surface area contributed by atoms with E-state index in [1.54, 1.807) is 26.0 Å². The van der Waals surface area contributed by atoms with Crippen LogP contribution in [0.15, 0.2) is 65.5 Å². The van der Waals surface area contributed by atoms with E-state index in [4.69, 9.17) is 0 Å². The van der Waals surface area contributed by atoms with Crippen LogP contribution in [0.25, 0.3) is 22.3 Å². The molecule has 1 heterocycles. The van der Waals surface area contributed by atoms with Crippen molar-refractivity contribution < 1.29 is 9.59 Å². The van der Waals surface area contributed by atoms with E-state index < -0.39 is 11.6 Å². The fraction of sp³-hybridized carbons (Fsp3) is 0.241. The van der Waals surface area contributed by atoms with Gasteiger partial charge >= 0.3 is 0 Å². The van der Waals surface area contributed by atoms with Gasteiger partial charge in [-0.1, -0.05) is 36.8 Å². The maximum Gasteiger partial charge on any atom is 0.278 e. The fourth-order valence-electron chi connectivity index (χ4n) is 4.10. The summed E-state index contributed by atoms with van der Waals surface area (Å²) in [5.41, 5.74) is 5.71. The van der Waals surface area contributed by atoms with Crippen molar-refractivity contribution in [2.24, 2.45) is 0 Å². The quantitative estimate of drug-likeness (QED) is 0.378. The summed E-state index contributed by atoms with van der Waals surface area (Å²) in [7, 11) is 0. The SMILES string of the molecule is CCC(=O)Nc1ccc(C)cc1-c1nc2ccccc2n([C@@H](C)C(=O)Nc2ccc(C)c(C)c2)c1=O. The number of carbonyl (C=O) groups is 2. The lowest BCUT2D eigenvalue weighted by Gasteiger charge is -2.20. The Morgan fingerprint density at radius 3 is 2.42 bits per heavy atom. The maximum atomic E-state index is 13.9. The second kappa shape index (κ2) is 10.2. The van der Waals surface area contributed by atoms with E-state index in [-0.39, 0.29) is 17.5 Å². The molecule has 0 aliphatic carbocycles. The first-order valence-corrected chi connectivity index (χ1v) is 12.0. The van der Waals surface area contributed by atoms with Crippen molar-refractivity contribution in [3.05, 3.63) is 87.7 Å². The average Bonchev–Trinajstić information content (AvgIpc) is 2.86. The molecule has 1 atom stereocenters. The highest BCUT2D eigenvalue weighted by Gasteiger charge is 2.23. The Hall–Kier alpha value is -4.26. The Morgan fingerprint density at radius 2 is 1.69 bits per heavy atom. The summed E-state index contributed by atoms with van der Waals surface area (Å²) >= 11 is 0. The Kier molecular flexibility index (Phi) is 7.01. The number of hydrogen-bond acceptors (Lipinski definition) is 4. The van der Waals surface area contributed by atoms with Gasteiger partial charge < -0.3 is 10.6 Å². The second-order valence-electron chi connectivity index (χ2n) is 9.04. The van der Waals surface area contributed by atoms with Gasteiger partial charge in [0.05, 0.1) is 16.7 Å². The molecule has 7 heteroatoms. The van der Waals surface area contributed by atoms with E-state index in [1.165, 1.54) is 4.57 Å². The summed E-state index contributed by atoms with van der Waals surface area (Å²) in [6.07, 6.45) is 0.304. The first kappa shape index (κ1) is 24.9. The minimum absolute atomic E-state index is 0.164. The first-order chi connectivity index (χ1) is 17.2. The van der Waals surface area contributed by atoms with Crippen LogP contribution in [-0.4, -0.2) is 21.4 Å². The fourth-order valence-corrected chi connectivity index (χ4v) is 4.10. The van der Waals surface area contributed by atoms with Gasteiger partial charge in [-0.2, -0.15) is 0 Å². The van der Waals surface area contributed by atoms with E-state index in [2.05, 4.69) is 15.6 Å². The molecule has 1 aromatic heterocycles. The molecule has 0 spiro atoms. The number of nitrogens with one attached hydrogen (secondary N) is 2. The zero-order valence-electron chi connectivity index (χ0n) is 21.2. The van der Waals surface area contributed by atoms with Gasteiger partial charge in [-0.15, -0.1) is 0 Å². The molecule has 4 aromatic rings. The van der Waals surface area contributed by atoms with Gasteiger partial charge in [0.1, 0.15) is 11.7 Å². The number of aromatic nitrogens is 2. The van der Waals surface area contributed by atoms with Crippen LogP contribution in [-0.2, 0) is 9.59 Å². The first-order valence-electron chi connectivity index (χ1n) is 12.0. The minimum atomic E-state index is -0.816. The zero-order valence-corrected chi connectivity index (χ0v) is 21.2. The topological polar surface area (TPSA) is 93.1 Å². The highest BCUT2D eigenvalue weighted by atomic mass is 16.2. The Labute approximate surface area is 210 Å². The van der Waals surface area contributed by atoms with Crippen molar-refractivity contribution in [3.8, 4) is 11.3 Å². The lowest BCUT2D eigenvalue weighted by Crippen LogP contribution is -2.33. The highest BCUT2D eigenvalue weighted by molar-refractivity contribution is 5.96. The number of carbonyl (C=O) groups excluding carboxylic acids is 2. The van der Waals surface area contributed by atoms with Gasteiger partial charge in [-0.05, 0) is 75.2 Å². The molecule has 2 N–H and O–H groups in total. The second-order valence-corrected chi connectivity index (χ2v) is 9.04. The summed E-state index contributed by atoms with van der Waals surface area (Å²) in [5, 5.41) is 5.81. The van der Waals surface area contributed by atoms with Gasteiger partial charge in [0, 0.05) is 17.7 Å². The predicted octanol–water partition coefficient (Wildman–Crippen LogP) is 5.54. The van der Waals surface area contributed by atoms with Crippen LogP contribution in [0, 0.1) is 20.8 Å². The molecule has 4 rings (SSSR count). The van der Waals surface area contributed by atoms with E-state index in [1.807, 2.05) is 69.3 Å². The van der Waals surface area contributed by atoms with Crippen LogP contribution in [0.5, 0.6) is 0 Å². The third-order valence-electron chi connectivity index (χ3n) is 6.36. The molecule has 0 aliphatic heterocycles. The summed E-state index contributed by atoms with van der Waals surface area (Å²) in [6, 6.07) is 17.6. The normalized spacial score (nSPS) is 11.8. The third-order valence-corrected chi connectivity index (χ3v) is 6.36. The standard InChI is InChI=1S/C29H30N4O3/c1-6-26(34)31-23-14-11-17(2)15-22(23)27-29(36)33(25-10-8-7-9-24(25)32-27)20(5)28(35)30-21-13-12-18(3)19(4)16-21/h7-16,20H,6H2,1-5H3,(H,30,35)(H,31,34)/t20-/m0/s1. The number of amides is 2. The average molecular weight is 483 g/mol. The molecule has 36 heavy (non-hydrogen) atoms. The maximum absolute atomic E-state index is 13.9.